The van der Waals surface area contributed by atoms with Crippen molar-refractivity contribution in [1.82, 2.24) is 47.3 Å². The second-order valence-electron chi connectivity index (χ2n) is 30.9. The Balaban J connectivity index is 1.00. The van der Waals surface area contributed by atoms with E-state index in [9.17, 15) is 58.9 Å². The van der Waals surface area contributed by atoms with E-state index in [4.69, 9.17) is 42.0 Å². The molecule has 16 rings (SSSR count). The van der Waals surface area contributed by atoms with Crippen molar-refractivity contribution in [1.29, 1.82) is 0 Å². The minimum Gasteiger partial charge on any atom is -0.508 e. The molecule has 0 radical (unpaired) electrons. The van der Waals surface area contributed by atoms with E-state index in [1.807, 2.05) is 18.6 Å². The van der Waals surface area contributed by atoms with E-state index in [0.29, 0.717) is 11.8 Å². The zero-order valence-corrected chi connectivity index (χ0v) is 63.9. The molecule has 10 aliphatic rings. The number of hydrogen-bond donors (Lipinski definition) is 19. The van der Waals surface area contributed by atoms with Gasteiger partial charge in [-0.1, -0.05) is 43.6 Å². The van der Waals surface area contributed by atoms with Crippen LogP contribution in [0.1, 0.15) is 129 Å². The van der Waals surface area contributed by atoms with E-state index in [1.165, 1.54) is 56.4 Å². The zero-order chi connectivity index (χ0) is 81.6. The lowest BCUT2D eigenvalue weighted by Crippen LogP contribution is -2.59. The molecule has 5 aliphatic heterocycles. The van der Waals surface area contributed by atoms with Gasteiger partial charge in [-0.3, -0.25) is 38.4 Å². The SMILES string of the molecule is CN[C@H](CC(C)C)C(=O)N[C@H]1C(=O)N[C@@H](CC(=O)NS(=O)(=O)c2ccc(OCCN)cc2)C(=O)N[C@H]2C(=O)N[C@H]3C(=O)N[C@H](C(=O)N[C@H](C(=O)NC4C5CC6CC(C5)CC4C6)c4cc(O)cc(O)c4-c4cc3ccc4O)[C@H](O)c3ccc(c(Cl)c3)Oc3cc2cc(c3O[C@@H]2C[C@H](CN)[C@@H](O)[C@H](O)[C@H]2O)Oc2ccc(cc2C)[C@H]1O. The minimum atomic E-state index is -4.88. The molecule has 14 atom stereocenters. The van der Waals surface area contributed by atoms with Crippen LogP contribution < -0.4 is 77.7 Å². The molecule has 5 heterocycles. The normalized spacial score (nSPS) is 28.2. The van der Waals surface area contributed by atoms with Gasteiger partial charge in [-0.25, -0.2) is 13.1 Å². The average molecular weight is 1620 g/mol. The molecule has 6 aromatic rings. The lowest BCUT2D eigenvalue weighted by atomic mass is 9.54. The summed E-state index contributed by atoms with van der Waals surface area (Å²) in [6.45, 7) is 5.11. The maximum atomic E-state index is 16.4. The summed E-state index contributed by atoms with van der Waals surface area (Å²) in [5.74, 6) is -13.7. The number of aromatic hydroxyl groups is 3. The number of likely N-dealkylation sites (N-methyl/N-ethyl adjacent to an activating group) is 1. The molecule has 33 nitrogen and oxygen atoms in total. The highest BCUT2D eigenvalue weighted by Gasteiger charge is 2.51. The van der Waals surface area contributed by atoms with Crippen LogP contribution in [0, 0.1) is 42.4 Å². The van der Waals surface area contributed by atoms with Gasteiger partial charge in [0.1, 0.15) is 108 Å². The summed E-state index contributed by atoms with van der Waals surface area (Å²) in [7, 11) is -3.40. The van der Waals surface area contributed by atoms with Crippen molar-refractivity contribution in [2.75, 3.05) is 26.7 Å². The van der Waals surface area contributed by atoms with Crippen LogP contribution >= 0.6 is 11.6 Å². The molecule has 114 heavy (non-hydrogen) atoms. The molecule has 0 spiro atoms. The summed E-state index contributed by atoms with van der Waals surface area (Å²) in [6.07, 6.45) is -8.00. The van der Waals surface area contributed by atoms with Crippen molar-refractivity contribution in [2.45, 2.75) is 162 Å². The Hall–Kier alpha value is -10.4. The van der Waals surface area contributed by atoms with Crippen LogP contribution in [-0.2, 0) is 48.4 Å². The van der Waals surface area contributed by atoms with E-state index < -0.39 is 193 Å². The number of fused-ring (bicyclic) bond motifs is 15. The van der Waals surface area contributed by atoms with Gasteiger partial charge in [0.05, 0.1) is 28.5 Å². The van der Waals surface area contributed by atoms with Gasteiger partial charge in [0, 0.05) is 35.7 Å². The van der Waals surface area contributed by atoms with Crippen molar-refractivity contribution in [3.05, 3.63) is 142 Å². The first kappa shape index (κ1) is 81.6. The topological polar surface area (TPSA) is 530 Å². The van der Waals surface area contributed by atoms with Crippen molar-refractivity contribution in [3.8, 4) is 62.9 Å². The fourth-order valence-electron chi connectivity index (χ4n) is 17.0. The number of carbonyl (C=O) groups excluding carboxylic acids is 8. The van der Waals surface area contributed by atoms with Gasteiger partial charge < -0.3 is 114 Å². The quantitative estimate of drug-likeness (QED) is 0.0623. The fourth-order valence-corrected chi connectivity index (χ4v) is 18.2. The molecule has 0 aromatic heterocycles. The maximum absolute atomic E-state index is 16.4. The van der Waals surface area contributed by atoms with Gasteiger partial charge in [-0.15, -0.1) is 0 Å². The summed E-state index contributed by atoms with van der Waals surface area (Å²) in [4.78, 5) is 123. The molecular weight excluding hydrogens is 1520 g/mol. The van der Waals surface area contributed by atoms with Crippen molar-refractivity contribution in [2.24, 2.45) is 47.0 Å². The van der Waals surface area contributed by atoms with Crippen LogP contribution in [0.2, 0.25) is 5.02 Å². The standard InChI is InChI=1S/C79H92ClN11O22S/c1-33(2)17-50(83-4)73(101)89-65-67(96)38-6-13-54(34(3)18-38)111-57-26-42-27-58(72(57)113-56-28-43(32-82)69(98)71(100)70(56)99)112-55-14-7-39(25-49(55)80)68(97)66-79(107)88-64(77(105)85-61-40-20-35-19-36(22-40)23-41(61)21-35)48-29-44(92)30-53(94)60(48)47-24-37(5-12-52(47)93)62(75(103)90-66)87-76(104)63(42)86-74(102)51(84-78(65)106)31-59(95)91-114(108,109)46-10-8-45(9-11-46)110-16-15-81/h5-14,18,24-27,29-30,33,35-36,40-41,43,50-51,56,61-71,83,92-94,96-100H,15-17,19-23,28,31-32,81-82H2,1-4H3,(H,84,106)(H,85,105)(H,86,102)(H,87,104)(H,88,107)(H,89,101)(H,90,103)(H,91,95)/t35?,36?,40?,41?,43-,50-,51+,56-,61?,62-,63-,64+,65-,66+,67-,68-,69-,70+,71+/m1/s1. The van der Waals surface area contributed by atoms with E-state index in [1.54, 1.807) is 0 Å². The number of benzene rings is 6. The van der Waals surface area contributed by atoms with Crippen LogP contribution in [0.4, 0.5) is 0 Å². The number of phenolic OH excluding ortho intramolecular Hbond substituents is 3. The molecule has 0 unspecified atom stereocenters. The number of halogens is 1. The Labute approximate surface area is 659 Å². The zero-order valence-electron chi connectivity index (χ0n) is 62.4. The number of ether oxygens (including phenoxy) is 4. The van der Waals surface area contributed by atoms with Gasteiger partial charge in [-0.2, -0.15) is 0 Å². The molecule has 5 fully saturated rings. The number of amides is 8. The van der Waals surface area contributed by atoms with Gasteiger partial charge in [0.15, 0.2) is 11.5 Å². The number of phenols is 3. The summed E-state index contributed by atoms with van der Waals surface area (Å²) in [5, 5.41) is 116. The average Bonchev–Trinajstić information content (AvgIpc) is 0.763. The molecule has 21 N–H and O–H groups in total. The van der Waals surface area contributed by atoms with Crippen LogP contribution in [-0.4, -0.2) is 178 Å². The fraction of sp³-hybridized carbons (Fsp3) is 0.443. The Bertz CT molecular complexity index is 4830. The van der Waals surface area contributed by atoms with Crippen LogP contribution in [0.15, 0.2) is 108 Å². The minimum absolute atomic E-state index is 0.0579. The highest BCUT2D eigenvalue weighted by Crippen LogP contribution is 2.55. The van der Waals surface area contributed by atoms with Crippen molar-refractivity contribution in [3.63, 3.8) is 0 Å². The van der Waals surface area contributed by atoms with Crippen molar-refractivity contribution >= 4 is 68.9 Å². The number of aryl methyl sites for hydroxylation is 1. The molecule has 15 bridgehead atoms. The van der Waals surface area contributed by atoms with E-state index >= 15 is 28.8 Å². The number of hydrogen-bond acceptors (Lipinski definition) is 25. The molecule has 5 saturated carbocycles. The molecule has 6 aromatic carbocycles. The molecule has 8 amide bonds. The number of rotatable bonds is 17. The van der Waals surface area contributed by atoms with E-state index in [0.717, 1.165) is 92.8 Å². The first-order valence-corrected chi connectivity index (χ1v) is 39.5. The number of sulfonamides is 1. The maximum Gasteiger partial charge on any atom is 0.264 e. The Morgan fingerprint density at radius 1 is 0.640 bits per heavy atom. The summed E-state index contributed by atoms with van der Waals surface area (Å²) in [5.41, 5.74) is 9.91. The Kier molecular flexibility index (Phi) is 24.0. The van der Waals surface area contributed by atoms with Gasteiger partial charge in [0.2, 0.25) is 53.0 Å². The Morgan fingerprint density at radius 3 is 1.91 bits per heavy atom. The number of aliphatic hydroxyl groups excluding tert-OH is 5. The highest BCUT2D eigenvalue weighted by molar-refractivity contribution is 7.90. The van der Waals surface area contributed by atoms with Gasteiger partial charge in [-0.05, 0) is 207 Å². The second-order valence-corrected chi connectivity index (χ2v) is 32.9. The van der Waals surface area contributed by atoms with Crippen LogP contribution in [0.5, 0.6) is 51.7 Å². The predicted molar refractivity (Wildman–Crippen MR) is 406 cm³/mol. The number of nitrogens with one attached hydrogen (secondary N) is 9. The smallest absolute Gasteiger partial charge is 0.264 e. The molecule has 35 heteroatoms. The molecule has 5 aliphatic carbocycles. The highest BCUT2D eigenvalue weighted by atomic mass is 35.5. The molecular formula is C79H92ClN11O22S. The molecule has 0 saturated heterocycles. The number of aliphatic hydroxyl groups is 5. The molecule has 608 valence electrons. The van der Waals surface area contributed by atoms with E-state index in [2.05, 4.69) is 42.5 Å². The summed E-state index contributed by atoms with van der Waals surface area (Å²) in [6, 6.07) is 5.45. The lowest BCUT2D eigenvalue weighted by Gasteiger charge is -2.54. The second kappa shape index (κ2) is 33.6. The largest absolute Gasteiger partial charge is 0.508 e. The third-order valence-electron chi connectivity index (χ3n) is 22.5. The van der Waals surface area contributed by atoms with Crippen LogP contribution in [0.25, 0.3) is 11.1 Å². The van der Waals surface area contributed by atoms with E-state index in [-0.39, 0.29) is 118 Å². The Morgan fingerprint density at radius 2 is 1.27 bits per heavy atom. The van der Waals surface area contributed by atoms with Gasteiger partial charge in [0.25, 0.3) is 10.0 Å². The third-order valence-corrected chi connectivity index (χ3v) is 24.2. The third kappa shape index (κ3) is 17.0. The monoisotopic (exact) mass is 1610 g/mol. The number of nitrogens with two attached hydrogens (primary N) is 2. The van der Waals surface area contributed by atoms with Gasteiger partial charge >= 0.3 is 0 Å². The van der Waals surface area contributed by atoms with Crippen LogP contribution in [0.3, 0.4) is 0 Å². The number of carbonyl (C=O) groups is 8. The first-order chi connectivity index (χ1) is 54.3. The summed E-state index contributed by atoms with van der Waals surface area (Å²) >= 11 is 7.19. The van der Waals surface area contributed by atoms with Crippen molar-refractivity contribution < 1.29 is 107 Å². The summed E-state index contributed by atoms with van der Waals surface area (Å²) < 4.78 is 55.8. The lowest BCUT2D eigenvalue weighted by molar-refractivity contribution is -0.149. The predicted octanol–water partition coefficient (Wildman–Crippen LogP) is 2.37. The first-order valence-electron chi connectivity index (χ1n) is 37.7.